The lowest BCUT2D eigenvalue weighted by Gasteiger charge is -2.31. The number of likely N-dealkylation sites (tertiary alicyclic amines) is 1. The van der Waals surface area contributed by atoms with Gasteiger partial charge in [-0.2, -0.15) is 5.01 Å². The first kappa shape index (κ1) is 22.5. The highest BCUT2D eigenvalue weighted by Crippen LogP contribution is 2.29. The average molecular weight is 432 g/mol. The molecule has 31 heavy (non-hydrogen) atoms. The number of benzene rings is 1. The van der Waals surface area contributed by atoms with Gasteiger partial charge in [-0.15, -0.1) is 0 Å². The monoisotopic (exact) mass is 432 g/mol. The van der Waals surface area contributed by atoms with Crippen molar-refractivity contribution in [2.45, 2.75) is 32.2 Å². The zero-order chi connectivity index (χ0) is 22.6. The Kier molecular flexibility index (Phi) is 6.79. The molecule has 2 unspecified atom stereocenters. The predicted octanol–water partition coefficient (Wildman–Crippen LogP) is 0.769. The van der Waals surface area contributed by atoms with Crippen LogP contribution in [0.2, 0.25) is 0 Å². The van der Waals surface area contributed by atoms with Crippen LogP contribution in [0.1, 0.15) is 32.3 Å². The van der Waals surface area contributed by atoms with Crippen LogP contribution < -0.4 is 15.5 Å². The third-order valence-corrected chi connectivity index (χ3v) is 5.59. The summed E-state index contributed by atoms with van der Waals surface area (Å²) in [6.07, 6.45) is 1.47. The van der Waals surface area contributed by atoms with Crippen LogP contribution in [0.5, 0.6) is 5.75 Å². The number of hydrogen-bond donors (Lipinski definition) is 2. The van der Waals surface area contributed by atoms with Crippen LogP contribution in [0.3, 0.4) is 0 Å². The van der Waals surface area contributed by atoms with E-state index in [-0.39, 0.29) is 18.4 Å². The minimum absolute atomic E-state index is 0.0355. The largest absolute Gasteiger partial charge is 0.497 e. The van der Waals surface area contributed by atoms with E-state index >= 15 is 0 Å². The van der Waals surface area contributed by atoms with Gasteiger partial charge in [0.15, 0.2) is 0 Å². The zero-order valence-corrected chi connectivity index (χ0v) is 18.0. The van der Waals surface area contributed by atoms with E-state index in [0.29, 0.717) is 42.4 Å². The molecular formula is C21H28N4O6. The lowest BCUT2D eigenvalue weighted by Crippen LogP contribution is -2.52. The Morgan fingerprint density at radius 2 is 1.97 bits per heavy atom. The molecule has 3 rings (SSSR count). The number of amides is 4. The first-order valence-corrected chi connectivity index (χ1v) is 10.3. The van der Waals surface area contributed by atoms with E-state index < -0.39 is 23.4 Å². The first-order valence-electron chi connectivity index (χ1n) is 10.3. The van der Waals surface area contributed by atoms with Crippen LogP contribution >= 0.6 is 0 Å². The van der Waals surface area contributed by atoms with Gasteiger partial charge in [0.05, 0.1) is 26.2 Å². The van der Waals surface area contributed by atoms with Crippen LogP contribution in [-0.2, 0) is 24.7 Å². The van der Waals surface area contributed by atoms with Gasteiger partial charge in [-0.1, -0.05) is 12.1 Å². The summed E-state index contributed by atoms with van der Waals surface area (Å²) in [4.78, 5) is 51.7. The average Bonchev–Trinajstić information content (AvgIpc) is 2.98. The highest BCUT2D eigenvalue weighted by atomic mass is 16.5. The standard InChI is InChI=1S/C21H28N4O6/c1-4-31-18(27)14-6-5-11-24(12-14)13-17(26)23-25-19(28)21(2,22-20(25)29)15-7-9-16(30-3)10-8-15/h7-10,14H,4-6,11-13H2,1-3H3,(H,22,29)(H,23,26). The van der Waals surface area contributed by atoms with Gasteiger partial charge in [0.2, 0.25) is 0 Å². The van der Waals surface area contributed by atoms with E-state index in [1.807, 2.05) is 4.90 Å². The SMILES string of the molecule is CCOC(=O)C1CCCN(CC(=O)NN2C(=O)NC(C)(c3ccc(OC)cc3)C2=O)C1. The molecular weight excluding hydrogens is 404 g/mol. The van der Waals surface area contributed by atoms with E-state index in [1.165, 1.54) is 7.11 Å². The fourth-order valence-corrected chi connectivity index (χ4v) is 3.88. The van der Waals surface area contributed by atoms with Gasteiger partial charge in [-0.3, -0.25) is 24.7 Å². The summed E-state index contributed by atoms with van der Waals surface area (Å²) in [7, 11) is 1.54. The number of carbonyl (C=O) groups excluding carboxylic acids is 4. The third-order valence-electron chi connectivity index (χ3n) is 5.59. The third kappa shape index (κ3) is 4.79. The Morgan fingerprint density at radius 3 is 2.61 bits per heavy atom. The van der Waals surface area contributed by atoms with Gasteiger partial charge in [0.1, 0.15) is 11.3 Å². The Labute approximate surface area is 180 Å². The summed E-state index contributed by atoms with van der Waals surface area (Å²) in [6.45, 7) is 4.66. The van der Waals surface area contributed by atoms with Crippen molar-refractivity contribution in [3.63, 3.8) is 0 Å². The molecule has 2 aliphatic heterocycles. The Balaban J connectivity index is 1.61. The van der Waals surface area contributed by atoms with Gasteiger partial charge in [0, 0.05) is 6.54 Å². The van der Waals surface area contributed by atoms with E-state index in [4.69, 9.17) is 9.47 Å². The number of hydrogen-bond acceptors (Lipinski definition) is 7. The molecule has 1 aromatic rings. The number of nitrogens with zero attached hydrogens (tertiary/aromatic N) is 2. The van der Waals surface area contributed by atoms with Gasteiger partial charge >= 0.3 is 12.0 Å². The molecule has 0 radical (unpaired) electrons. The van der Waals surface area contributed by atoms with Crippen LogP contribution in [0.15, 0.2) is 24.3 Å². The summed E-state index contributed by atoms with van der Waals surface area (Å²) in [5, 5.41) is 3.34. The molecule has 2 N–H and O–H groups in total. The lowest BCUT2D eigenvalue weighted by molar-refractivity contribution is -0.150. The van der Waals surface area contributed by atoms with Gasteiger partial charge in [-0.25, -0.2) is 4.79 Å². The molecule has 10 heteroatoms. The van der Waals surface area contributed by atoms with Crippen molar-refractivity contribution in [2.75, 3.05) is 33.4 Å². The number of carbonyl (C=O) groups is 4. The number of ether oxygens (including phenoxy) is 2. The van der Waals surface area contributed by atoms with E-state index in [2.05, 4.69) is 10.7 Å². The molecule has 10 nitrogen and oxygen atoms in total. The molecule has 0 bridgehead atoms. The summed E-state index contributed by atoms with van der Waals surface area (Å²) in [6, 6.07) is 6.05. The second kappa shape index (κ2) is 9.34. The lowest BCUT2D eigenvalue weighted by atomic mass is 9.92. The van der Waals surface area contributed by atoms with Crippen molar-refractivity contribution in [3.8, 4) is 5.75 Å². The maximum Gasteiger partial charge on any atom is 0.344 e. The minimum Gasteiger partial charge on any atom is -0.497 e. The Morgan fingerprint density at radius 1 is 1.26 bits per heavy atom. The summed E-state index contributed by atoms with van der Waals surface area (Å²) >= 11 is 0. The van der Waals surface area contributed by atoms with Crippen molar-refractivity contribution in [3.05, 3.63) is 29.8 Å². The molecule has 2 atom stereocenters. The first-order chi connectivity index (χ1) is 14.8. The molecule has 0 aromatic heterocycles. The van der Waals surface area contributed by atoms with Crippen molar-refractivity contribution in [1.82, 2.24) is 20.7 Å². The molecule has 168 valence electrons. The summed E-state index contributed by atoms with van der Waals surface area (Å²) < 4.78 is 10.2. The maximum absolute atomic E-state index is 13.0. The fourth-order valence-electron chi connectivity index (χ4n) is 3.88. The quantitative estimate of drug-likeness (QED) is 0.483. The number of hydrazine groups is 1. The van der Waals surface area contributed by atoms with Crippen LogP contribution in [0, 0.1) is 5.92 Å². The molecule has 0 saturated carbocycles. The normalized spacial score (nSPS) is 24.0. The predicted molar refractivity (Wildman–Crippen MR) is 110 cm³/mol. The van der Waals surface area contributed by atoms with Gasteiger partial charge < -0.3 is 14.8 Å². The molecule has 4 amide bonds. The van der Waals surface area contributed by atoms with Crippen LogP contribution in [-0.4, -0.2) is 67.1 Å². The molecule has 2 aliphatic rings. The van der Waals surface area contributed by atoms with E-state index in [1.54, 1.807) is 38.1 Å². The number of rotatable bonds is 7. The topological polar surface area (TPSA) is 117 Å². The number of nitrogens with one attached hydrogen (secondary N) is 2. The maximum atomic E-state index is 13.0. The summed E-state index contributed by atoms with van der Waals surface area (Å²) in [5.74, 6) is -1.02. The fraction of sp³-hybridized carbons (Fsp3) is 0.524. The van der Waals surface area contributed by atoms with E-state index in [9.17, 15) is 19.2 Å². The number of methoxy groups -OCH3 is 1. The van der Waals surface area contributed by atoms with Gasteiger partial charge in [-0.05, 0) is 50.9 Å². The number of esters is 1. The molecule has 1 aromatic carbocycles. The second-order valence-corrected chi connectivity index (χ2v) is 7.79. The molecule has 2 fully saturated rings. The highest BCUT2D eigenvalue weighted by Gasteiger charge is 2.50. The molecule has 2 saturated heterocycles. The summed E-state index contributed by atoms with van der Waals surface area (Å²) in [5.41, 5.74) is 1.65. The van der Waals surface area contributed by atoms with Crippen molar-refractivity contribution < 1.29 is 28.7 Å². The van der Waals surface area contributed by atoms with Crippen LogP contribution in [0.25, 0.3) is 0 Å². The van der Waals surface area contributed by atoms with Crippen LogP contribution in [0.4, 0.5) is 4.79 Å². The van der Waals surface area contributed by atoms with E-state index in [0.717, 1.165) is 6.42 Å². The Bertz CT molecular complexity index is 858. The van der Waals surface area contributed by atoms with Gasteiger partial charge in [0.25, 0.3) is 11.8 Å². The Hall–Kier alpha value is -3.14. The number of piperidine rings is 1. The zero-order valence-electron chi connectivity index (χ0n) is 18.0. The van der Waals surface area contributed by atoms with Crippen molar-refractivity contribution >= 4 is 23.8 Å². The second-order valence-electron chi connectivity index (χ2n) is 7.79. The molecule has 0 spiro atoms. The smallest absolute Gasteiger partial charge is 0.344 e. The highest BCUT2D eigenvalue weighted by molar-refractivity contribution is 6.08. The number of urea groups is 1. The molecule has 0 aliphatic carbocycles. The van der Waals surface area contributed by atoms with Crippen molar-refractivity contribution in [1.29, 1.82) is 0 Å². The minimum atomic E-state index is -1.31. The molecule has 2 heterocycles. The number of imide groups is 1. The van der Waals surface area contributed by atoms with Crippen molar-refractivity contribution in [2.24, 2.45) is 5.92 Å².